The largest absolute Gasteiger partial charge is 0.387 e. The molecule has 22 heavy (non-hydrogen) atoms. The number of likely N-dealkylation sites (N-methyl/N-ethyl adjacent to an activating group) is 1. The SMILES string of the molecule is CCN(CC(O)c1ccc(C)cc1)C(C)C(=O)NCC(C)C. The van der Waals surface area contributed by atoms with Gasteiger partial charge in [0.2, 0.25) is 5.91 Å². The summed E-state index contributed by atoms with van der Waals surface area (Å²) in [5.74, 6) is 0.455. The van der Waals surface area contributed by atoms with Crippen LogP contribution in [0.5, 0.6) is 0 Å². The van der Waals surface area contributed by atoms with E-state index in [1.165, 1.54) is 5.56 Å². The minimum absolute atomic E-state index is 0.0201. The number of rotatable bonds is 8. The van der Waals surface area contributed by atoms with Crippen molar-refractivity contribution in [3.63, 3.8) is 0 Å². The van der Waals surface area contributed by atoms with Crippen molar-refractivity contribution in [3.05, 3.63) is 35.4 Å². The lowest BCUT2D eigenvalue weighted by atomic mass is 10.1. The maximum absolute atomic E-state index is 12.2. The average Bonchev–Trinajstić information content (AvgIpc) is 2.49. The zero-order valence-corrected chi connectivity index (χ0v) is 14.5. The van der Waals surface area contributed by atoms with Crippen molar-refractivity contribution in [2.24, 2.45) is 5.92 Å². The van der Waals surface area contributed by atoms with Crippen LogP contribution in [0, 0.1) is 12.8 Å². The summed E-state index contributed by atoms with van der Waals surface area (Å²) in [6.45, 7) is 11.9. The number of nitrogens with one attached hydrogen (secondary N) is 1. The molecule has 1 rings (SSSR count). The van der Waals surface area contributed by atoms with Crippen molar-refractivity contribution in [2.75, 3.05) is 19.6 Å². The van der Waals surface area contributed by atoms with Gasteiger partial charge in [-0.1, -0.05) is 50.6 Å². The van der Waals surface area contributed by atoms with Gasteiger partial charge in [-0.25, -0.2) is 0 Å². The Morgan fingerprint density at radius 1 is 1.23 bits per heavy atom. The minimum atomic E-state index is -0.583. The van der Waals surface area contributed by atoms with E-state index in [1.807, 2.05) is 49.9 Å². The van der Waals surface area contributed by atoms with Gasteiger partial charge in [-0.2, -0.15) is 0 Å². The number of carbonyl (C=O) groups excluding carboxylic acids is 1. The van der Waals surface area contributed by atoms with Gasteiger partial charge in [-0.05, 0) is 31.9 Å². The molecule has 0 aliphatic heterocycles. The van der Waals surface area contributed by atoms with Crippen molar-refractivity contribution >= 4 is 5.91 Å². The molecule has 2 unspecified atom stereocenters. The summed E-state index contributed by atoms with van der Waals surface area (Å²) >= 11 is 0. The van der Waals surface area contributed by atoms with Crippen LogP contribution in [0.1, 0.15) is 44.9 Å². The molecule has 0 aromatic heterocycles. The topological polar surface area (TPSA) is 52.6 Å². The van der Waals surface area contributed by atoms with Crippen LogP contribution < -0.4 is 5.32 Å². The number of nitrogens with zero attached hydrogens (tertiary/aromatic N) is 1. The number of carbonyl (C=O) groups is 1. The first-order valence-electron chi connectivity index (χ1n) is 8.11. The first-order chi connectivity index (χ1) is 10.3. The van der Waals surface area contributed by atoms with Crippen molar-refractivity contribution < 1.29 is 9.90 Å². The van der Waals surface area contributed by atoms with Gasteiger partial charge in [-0.3, -0.25) is 9.69 Å². The third-order valence-electron chi connectivity index (χ3n) is 3.89. The molecule has 4 heteroatoms. The van der Waals surface area contributed by atoms with E-state index in [0.717, 1.165) is 12.1 Å². The molecule has 2 atom stereocenters. The van der Waals surface area contributed by atoms with E-state index in [4.69, 9.17) is 0 Å². The van der Waals surface area contributed by atoms with Gasteiger partial charge in [0.1, 0.15) is 0 Å². The molecule has 1 amide bonds. The van der Waals surface area contributed by atoms with E-state index in [1.54, 1.807) is 0 Å². The van der Waals surface area contributed by atoms with E-state index in [-0.39, 0.29) is 11.9 Å². The molecular weight excluding hydrogens is 276 g/mol. The number of aliphatic hydroxyl groups is 1. The lowest BCUT2D eigenvalue weighted by Crippen LogP contribution is -2.47. The Morgan fingerprint density at radius 2 is 1.82 bits per heavy atom. The fourth-order valence-electron chi connectivity index (χ4n) is 2.30. The first-order valence-corrected chi connectivity index (χ1v) is 8.11. The molecule has 0 bridgehead atoms. The molecule has 0 aliphatic rings. The average molecular weight is 306 g/mol. The number of aliphatic hydroxyl groups excluding tert-OH is 1. The number of benzene rings is 1. The second kappa shape index (κ2) is 8.91. The molecule has 0 fully saturated rings. The smallest absolute Gasteiger partial charge is 0.237 e. The molecule has 0 aliphatic carbocycles. The van der Waals surface area contributed by atoms with E-state index < -0.39 is 6.10 Å². The highest BCUT2D eigenvalue weighted by Gasteiger charge is 2.22. The zero-order chi connectivity index (χ0) is 16.7. The molecule has 0 radical (unpaired) electrons. The van der Waals surface area contributed by atoms with Gasteiger partial charge in [0.25, 0.3) is 0 Å². The fourth-order valence-corrected chi connectivity index (χ4v) is 2.30. The molecule has 0 spiro atoms. The zero-order valence-electron chi connectivity index (χ0n) is 14.5. The van der Waals surface area contributed by atoms with Gasteiger partial charge < -0.3 is 10.4 Å². The van der Waals surface area contributed by atoms with E-state index in [2.05, 4.69) is 19.2 Å². The van der Waals surface area contributed by atoms with Gasteiger partial charge in [-0.15, -0.1) is 0 Å². The van der Waals surface area contributed by atoms with Crippen molar-refractivity contribution in [3.8, 4) is 0 Å². The third kappa shape index (κ3) is 5.78. The summed E-state index contributed by atoms with van der Waals surface area (Å²) in [5.41, 5.74) is 2.06. The van der Waals surface area contributed by atoms with Gasteiger partial charge in [0, 0.05) is 13.1 Å². The Labute approximate surface area is 134 Å². The second-order valence-electron chi connectivity index (χ2n) is 6.33. The fraction of sp³-hybridized carbons (Fsp3) is 0.611. The van der Waals surface area contributed by atoms with Crippen LogP contribution in [0.3, 0.4) is 0 Å². The quantitative estimate of drug-likeness (QED) is 0.776. The molecule has 0 heterocycles. The first kappa shape index (κ1) is 18.7. The van der Waals surface area contributed by atoms with Crippen molar-refractivity contribution in [2.45, 2.75) is 46.8 Å². The van der Waals surface area contributed by atoms with Crippen molar-refractivity contribution in [1.82, 2.24) is 10.2 Å². The molecule has 0 saturated carbocycles. The maximum atomic E-state index is 12.2. The van der Waals surface area contributed by atoms with Crippen LogP contribution >= 0.6 is 0 Å². The van der Waals surface area contributed by atoms with Gasteiger partial charge in [0.15, 0.2) is 0 Å². The predicted octanol–water partition coefficient (Wildman–Crippen LogP) is 2.51. The summed E-state index contributed by atoms with van der Waals surface area (Å²) in [4.78, 5) is 14.2. The molecular formula is C18H30N2O2. The van der Waals surface area contributed by atoms with Crippen LogP contribution in [0.25, 0.3) is 0 Å². The number of hydrogen-bond acceptors (Lipinski definition) is 3. The molecule has 1 aromatic rings. The summed E-state index contributed by atoms with van der Waals surface area (Å²) in [6, 6.07) is 7.62. The van der Waals surface area contributed by atoms with E-state index in [9.17, 15) is 9.90 Å². The predicted molar refractivity (Wildman–Crippen MR) is 90.7 cm³/mol. The summed E-state index contributed by atoms with van der Waals surface area (Å²) in [5, 5.41) is 13.3. The maximum Gasteiger partial charge on any atom is 0.237 e. The number of amides is 1. The highest BCUT2D eigenvalue weighted by molar-refractivity contribution is 5.81. The molecule has 124 valence electrons. The van der Waals surface area contributed by atoms with Crippen LogP contribution in [-0.4, -0.2) is 41.6 Å². The molecule has 4 nitrogen and oxygen atoms in total. The Bertz CT molecular complexity index is 457. The number of hydrogen-bond donors (Lipinski definition) is 2. The third-order valence-corrected chi connectivity index (χ3v) is 3.89. The molecule has 1 aromatic carbocycles. The van der Waals surface area contributed by atoms with Crippen molar-refractivity contribution in [1.29, 1.82) is 0 Å². The standard InChI is InChI=1S/C18H30N2O2/c1-6-20(15(5)18(22)19-11-13(2)3)12-17(21)16-9-7-14(4)8-10-16/h7-10,13,15,17,21H,6,11-12H2,1-5H3,(H,19,22). The molecule has 0 saturated heterocycles. The number of aryl methyl sites for hydroxylation is 1. The van der Waals surface area contributed by atoms with E-state index >= 15 is 0 Å². The summed E-state index contributed by atoms with van der Waals surface area (Å²) in [6.07, 6.45) is -0.583. The van der Waals surface area contributed by atoms with Crippen LogP contribution in [0.2, 0.25) is 0 Å². The Hall–Kier alpha value is -1.39. The minimum Gasteiger partial charge on any atom is -0.387 e. The van der Waals surface area contributed by atoms with Gasteiger partial charge in [0.05, 0.1) is 12.1 Å². The van der Waals surface area contributed by atoms with Crippen LogP contribution in [0.4, 0.5) is 0 Å². The highest BCUT2D eigenvalue weighted by Crippen LogP contribution is 2.16. The Balaban J connectivity index is 2.62. The van der Waals surface area contributed by atoms with Crippen LogP contribution in [0.15, 0.2) is 24.3 Å². The molecule has 2 N–H and O–H groups in total. The summed E-state index contributed by atoms with van der Waals surface area (Å²) in [7, 11) is 0. The normalized spacial score (nSPS) is 14.2. The monoisotopic (exact) mass is 306 g/mol. The lowest BCUT2D eigenvalue weighted by Gasteiger charge is -2.29. The Kier molecular flexibility index (Phi) is 7.56. The van der Waals surface area contributed by atoms with Crippen LogP contribution in [-0.2, 0) is 4.79 Å². The second-order valence-corrected chi connectivity index (χ2v) is 6.33. The summed E-state index contributed by atoms with van der Waals surface area (Å²) < 4.78 is 0. The Morgan fingerprint density at radius 3 is 2.32 bits per heavy atom. The van der Waals surface area contributed by atoms with E-state index in [0.29, 0.717) is 19.0 Å². The lowest BCUT2D eigenvalue weighted by molar-refractivity contribution is -0.126. The highest BCUT2D eigenvalue weighted by atomic mass is 16.3. The van der Waals surface area contributed by atoms with Gasteiger partial charge >= 0.3 is 0 Å².